The largest absolute Gasteiger partial charge is 0.462 e. The Morgan fingerprint density at radius 3 is 2.88 bits per heavy atom. The lowest BCUT2D eigenvalue weighted by Crippen LogP contribution is -2.35. The number of rotatable bonds is 3. The van der Waals surface area contributed by atoms with Gasteiger partial charge in [0.25, 0.3) is 0 Å². The number of fused-ring (bicyclic) bond motifs is 4. The van der Waals surface area contributed by atoms with Crippen LogP contribution in [-0.4, -0.2) is 16.1 Å². The molecular formula is C22H21NO3. The molecule has 3 aromatic rings. The van der Waals surface area contributed by atoms with Gasteiger partial charge in [0, 0.05) is 36.5 Å². The molecule has 2 bridgehead atoms. The maximum atomic E-state index is 10.6. The fraction of sp³-hybridized carbons (Fsp3) is 0.318. The highest BCUT2D eigenvalue weighted by molar-refractivity contribution is 5.59. The van der Waals surface area contributed by atoms with Gasteiger partial charge in [-0.15, -0.1) is 0 Å². The lowest BCUT2D eigenvalue weighted by Gasteiger charge is -2.32. The van der Waals surface area contributed by atoms with Gasteiger partial charge < -0.3 is 14.4 Å². The van der Waals surface area contributed by atoms with Crippen molar-refractivity contribution in [2.75, 3.05) is 0 Å². The molecule has 0 amide bonds. The Kier molecular flexibility index (Phi) is 3.44. The standard InChI is InChI=1S/C22H21NO3/c1-14-5-7-15(8-6-14)20-12-18(26-23-20)11-16-3-2-4-19-17-9-10-22(24,13-17)25-21(16)19/h2-8,12,17,24H,9-11,13H2,1H3. The number of aryl methyl sites for hydroxylation is 1. The third-order valence-electron chi connectivity index (χ3n) is 5.58. The Hall–Kier alpha value is -2.59. The van der Waals surface area contributed by atoms with Gasteiger partial charge in [0.2, 0.25) is 5.79 Å². The van der Waals surface area contributed by atoms with Crippen LogP contribution < -0.4 is 4.74 Å². The number of ether oxygens (including phenoxy) is 1. The first kappa shape index (κ1) is 15.6. The van der Waals surface area contributed by atoms with E-state index in [-0.39, 0.29) is 0 Å². The first-order valence-corrected chi connectivity index (χ1v) is 9.15. The predicted molar refractivity (Wildman–Crippen MR) is 98.1 cm³/mol. The van der Waals surface area contributed by atoms with Crippen LogP contribution in [0.25, 0.3) is 11.3 Å². The van der Waals surface area contributed by atoms with Gasteiger partial charge in [-0.3, -0.25) is 0 Å². The van der Waals surface area contributed by atoms with E-state index in [1.54, 1.807) is 0 Å². The molecule has 2 unspecified atom stereocenters. The Bertz CT molecular complexity index is 960. The zero-order chi connectivity index (χ0) is 17.7. The Morgan fingerprint density at radius 1 is 1.19 bits per heavy atom. The number of hydrogen-bond acceptors (Lipinski definition) is 4. The maximum absolute atomic E-state index is 10.6. The maximum Gasteiger partial charge on any atom is 0.208 e. The smallest absolute Gasteiger partial charge is 0.208 e. The van der Waals surface area contributed by atoms with Crippen LogP contribution in [0.5, 0.6) is 5.75 Å². The van der Waals surface area contributed by atoms with Crippen molar-refractivity contribution in [3.05, 3.63) is 71.0 Å². The second-order valence-corrected chi connectivity index (χ2v) is 7.54. The molecule has 2 aromatic carbocycles. The quantitative estimate of drug-likeness (QED) is 0.753. The molecule has 2 atom stereocenters. The van der Waals surface area contributed by atoms with Crippen LogP contribution in [0.15, 0.2) is 53.1 Å². The number of nitrogens with zero attached hydrogens (tertiary/aromatic N) is 1. The van der Waals surface area contributed by atoms with E-state index in [9.17, 15) is 5.11 Å². The van der Waals surface area contributed by atoms with Crippen molar-refractivity contribution in [1.29, 1.82) is 0 Å². The number of hydrogen-bond donors (Lipinski definition) is 1. The Balaban J connectivity index is 1.45. The monoisotopic (exact) mass is 347 g/mol. The van der Waals surface area contributed by atoms with Crippen LogP contribution in [0.3, 0.4) is 0 Å². The molecule has 0 radical (unpaired) electrons. The van der Waals surface area contributed by atoms with E-state index in [0.29, 0.717) is 25.2 Å². The molecule has 2 aliphatic rings. The van der Waals surface area contributed by atoms with Gasteiger partial charge in [-0.05, 0) is 24.8 Å². The van der Waals surface area contributed by atoms with Gasteiger partial charge in [-0.25, -0.2) is 0 Å². The predicted octanol–water partition coefficient (Wildman–Crippen LogP) is 4.59. The molecule has 26 heavy (non-hydrogen) atoms. The number of para-hydroxylation sites is 1. The summed E-state index contributed by atoms with van der Waals surface area (Å²) >= 11 is 0. The van der Waals surface area contributed by atoms with Crippen molar-refractivity contribution >= 4 is 0 Å². The fourth-order valence-electron chi connectivity index (χ4n) is 4.17. The summed E-state index contributed by atoms with van der Waals surface area (Å²) in [5.74, 6) is 1.02. The number of benzene rings is 2. The van der Waals surface area contributed by atoms with Gasteiger partial charge in [0.1, 0.15) is 17.2 Å². The summed E-state index contributed by atoms with van der Waals surface area (Å²) in [6.45, 7) is 2.07. The molecule has 4 heteroatoms. The van der Waals surface area contributed by atoms with E-state index < -0.39 is 5.79 Å². The molecule has 1 fully saturated rings. The molecule has 1 N–H and O–H groups in total. The zero-order valence-corrected chi connectivity index (χ0v) is 14.7. The molecule has 132 valence electrons. The lowest BCUT2D eigenvalue weighted by molar-refractivity contribution is -0.137. The topological polar surface area (TPSA) is 55.5 Å². The summed E-state index contributed by atoms with van der Waals surface area (Å²) in [4.78, 5) is 0. The van der Waals surface area contributed by atoms with Crippen LogP contribution in [0.2, 0.25) is 0 Å². The normalized spacial score (nSPS) is 23.5. The fourth-order valence-corrected chi connectivity index (χ4v) is 4.17. The second-order valence-electron chi connectivity index (χ2n) is 7.54. The van der Waals surface area contributed by atoms with E-state index >= 15 is 0 Å². The van der Waals surface area contributed by atoms with Gasteiger partial charge in [-0.1, -0.05) is 53.2 Å². The SMILES string of the molecule is Cc1ccc(-c2cc(Cc3cccc4c3OC3(O)CCC4C3)on2)cc1. The highest BCUT2D eigenvalue weighted by Gasteiger charge is 2.45. The third-order valence-corrected chi connectivity index (χ3v) is 5.58. The summed E-state index contributed by atoms with van der Waals surface area (Å²) in [5, 5.41) is 14.8. The Labute approximate surface area is 152 Å². The van der Waals surface area contributed by atoms with E-state index in [1.807, 2.05) is 12.1 Å². The van der Waals surface area contributed by atoms with E-state index in [2.05, 4.69) is 48.5 Å². The van der Waals surface area contributed by atoms with Gasteiger partial charge in [0.15, 0.2) is 0 Å². The molecule has 0 saturated heterocycles. The molecule has 1 aliphatic carbocycles. The third kappa shape index (κ3) is 2.61. The Morgan fingerprint density at radius 2 is 2.04 bits per heavy atom. The van der Waals surface area contributed by atoms with Crippen LogP contribution in [0.4, 0.5) is 0 Å². The summed E-state index contributed by atoms with van der Waals surface area (Å²) in [6, 6.07) is 16.5. The average molecular weight is 347 g/mol. The summed E-state index contributed by atoms with van der Waals surface area (Å²) in [6.07, 6.45) is 2.98. The van der Waals surface area contributed by atoms with Crippen molar-refractivity contribution in [2.45, 2.75) is 44.3 Å². The molecule has 1 aromatic heterocycles. The molecule has 1 aliphatic heterocycles. The number of aliphatic hydroxyl groups is 1. The minimum atomic E-state index is -0.998. The summed E-state index contributed by atoms with van der Waals surface area (Å²) in [7, 11) is 0. The van der Waals surface area contributed by atoms with Crippen molar-refractivity contribution in [2.24, 2.45) is 0 Å². The van der Waals surface area contributed by atoms with Crippen LogP contribution in [0.1, 0.15) is 47.6 Å². The van der Waals surface area contributed by atoms with E-state index in [4.69, 9.17) is 9.26 Å². The van der Waals surface area contributed by atoms with Gasteiger partial charge in [-0.2, -0.15) is 0 Å². The minimum Gasteiger partial charge on any atom is -0.462 e. The molecular weight excluding hydrogens is 326 g/mol. The molecule has 4 nitrogen and oxygen atoms in total. The highest BCUT2D eigenvalue weighted by atomic mass is 16.6. The van der Waals surface area contributed by atoms with E-state index in [1.165, 1.54) is 11.1 Å². The van der Waals surface area contributed by atoms with Gasteiger partial charge in [0.05, 0.1) is 0 Å². The van der Waals surface area contributed by atoms with Crippen LogP contribution in [-0.2, 0) is 6.42 Å². The molecule has 1 saturated carbocycles. The van der Waals surface area contributed by atoms with E-state index in [0.717, 1.165) is 34.8 Å². The van der Waals surface area contributed by atoms with Crippen LogP contribution in [0, 0.1) is 6.92 Å². The molecule has 2 heterocycles. The van der Waals surface area contributed by atoms with Crippen molar-refractivity contribution in [3.8, 4) is 17.0 Å². The lowest BCUT2D eigenvalue weighted by atomic mass is 9.91. The average Bonchev–Trinajstić information content (AvgIpc) is 3.22. The first-order chi connectivity index (χ1) is 12.6. The van der Waals surface area contributed by atoms with Crippen molar-refractivity contribution in [3.63, 3.8) is 0 Å². The first-order valence-electron chi connectivity index (χ1n) is 9.15. The minimum absolute atomic E-state index is 0.390. The second kappa shape index (κ2) is 5.71. The summed E-state index contributed by atoms with van der Waals surface area (Å²) in [5.41, 5.74) is 5.36. The number of aromatic nitrogens is 1. The van der Waals surface area contributed by atoms with Crippen molar-refractivity contribution < 1.29 is 14.4 Å². The molecule has 5 rings (SSSR count). The summed E-state index contributed by atoms with van der Waals surface area (Å²) < 4.78 is 11.6. The van der Waals surface area contributed by atoms with Crippen molar-refractivity contribution in [1.82, 2.24) is 5.16 Å². The molecule has 0 spiro atoms. The van der Waals surface area contributed by atoms with Gasteiger partial charge >= 0.3 is 0 Å². The highest BCUT2D eigenvalue weighted by Crippen LogP contribution is 2.51. The van der Waals surface area contributed by atoms with Crippen LogP contribution >= 0.6 is 0 Å². The zero-order valence-electron chi connectivity index (χ0n) is 14.7.